The second kappa shape index (κ2) is 7.16. The van der Waals surface area contributed by atoms with Gasteiger partial charge in [0.15, 0.2) is 0 Å². The Morgan fingerprint density at radius 1 is 1.15 bits per heavy atom. The zero-order chi connectivity index (χ0) is 19.0. The highest BCUT2D eigenvalue weighted by Gasteiger charge is 2.32. The molecule has 1 N–H and O–H groups in total. The van der Waals surface area contributed by atoms with E-state index in [2.05, 4.69) is 5.32 Å². The number of amides is 1. The molecule has 144 valence electrons. The lowest BCUT2D eigenvalue weighted by Gasteiger charge is -2.31. The number of benzene rings is 1. The number of hydrogen-bond acceptors (Lipinski definition) is 4. The smallest absolute Gasteiger partial charge is 0.378 e. The average molecular weight is 396 g/mol. The zero-order valence-corrected chi connectivity index (χ0v) is 15.4. The van der Waals surface area contributed by atoms with E-state index < -0.39 is 11.7 Å². The van der Waals surface area contributed by atoms with Crippen LogP contribution >= 0.6 is 11.3 Å². The molecule has 2 aromatic rings. The number of nitrogens with zero attached hydrogens (tertiary/aromatic N) is 1. The Morgan fingerprint density at radius 3 is 2.63 bits per heavy atom. The van der Waals surface area contributed by atoms with E-state index >= 15 is 0 Å². The summed E-state index contributed by atoms with van der Waals surface area (Å²) in [7, 11) is 0. The molecule has 1 aromatic carbocycles. The van der Waals surface area contributed by atoms with Gasteiger partial charge in [-0.1, -0.05) is 0 Å². The number of halogens is 3. The van der Waals surface area contributed by atoms with Gasteiger partial charge in [0.1, 0.15) is 0 Å². The Hall–Kier alpha value is -2.06. The number of hydrogen-bond donors (Lipinski definition) is 1. The number of carbonyl (C=O) groups excluding carboxylic acids is 1. The fourth-order valence-corrected chi connectivity index (χ4v) is 4.67. The van der Waals surface area contributed by atoms with E-state index in [-0.39, 0.29) is 11.6 Å². The standard InChI is InChI=1S/C19H19F3N2O2S/c20-19(21,22)13-4-5-15(24-6-8-26-9-7-24)14(11-13)23-18(25)17-10-12-2-1-3-16(12)27-17/h4-5,10-11H,1-3,6-9H2,(H,23,25). The number of rotatable bonds is 3. The van der Waals surface area contributed by atoms with Gasteiger partial charge in [0.25, 0.3) is 5.91 Å². The largest absolute Gasteiger partial charge is 0.416 e. The SMILES string of the molecule is O=C(Nc1cc(C(F)(F)F)ccc1N1CCOCC1)c1cc2c(s1)CCC2. The summed E-state index contributed by atoms with van der Waals surface area (Å²) in [4.78, 5) is 16.4. The van der Waals surface area contributed by atoms with Gasteiger partial charge in [-0.2, -0.15) is 13.2 Å². The van der Waals surface area contributed by atoms with Crippen molar-refractivity contribution in [2.24, 2.45) is 0 Å². The van der Waals surface area contributed by atoms with Crippen LogP contribution in [-0.4, -0.2) is 32.2 Å². The van der Waals surface area contributed by atoms with Crippen molar-refractivity contribution in [2.45, 2.75) is 25.4 Å². The minimum absolute atomic E-state index is 0.185. The lowest BCUT2D eigenvalue weighted by molar-refractivity contribution is -0.137. The molecule has 4 rings (SSSR count). The van der Waals surface area contributed by atoms with E-state index in [0.717, 1.165) is 31.4 Å². The van der Waals surface area contributed by atoms with Crippen LogP contribution in [-0.2, 0) is 23.8 Å². The lowest BCUT2D eigenvalue weighted by atomic mass is 10.1. The number of alkyl halides is 3. The third-order valence-corrected chi connectivity index (χ3v) is 6.13. The van der Waals surface area contributed by atoms with Crippen molar-refractivity contribution in [3.63, 3.8) is 0 Å². The summed E-state index contributed by atoms with van der Waals surface area (Å²) in [5.41, 5.74) is 1.18. The molecule has 1 fully saturated rings. The highest BCUT2D eigenvalue weighted by molar-refractivity contribution is 7.14. The van der Waals surface area contributed by atoms with E-state index in [1.165, 1.54) is 27.8 Å². The van der Waals surface area contributed by atoms with E-state index in [4.69, 9.17) is 4.74 Å². The van der Waals surface area contributed by atoms with Gasteiger partial charge in [-0.3, -0.25) is 4.79 Å². The van der Waals surface area contributed by atoms with E-state index in [0.29, 0.717) is 36.9 Å². The predicted octanol–water partition coefficient (Wildman–Crippen LogP) is 4.34. The molecule has 2 aliphatic rings. The van der Waals surface area contributed by atoms with E-state index in [1.807, 2.05) is 11.0 Å². The highest BCUT2D eigenvalue weighted by Crippen LogP contribution is 2.37. The molecule has 27 heavy (non-hydrogen) atoms. The minimum Gasteiger partial charge on any atom is -0.378 e. The zero-order valence-electron chi connectivity index (χ0n) is 14.6. The summed E-state index contributed by atoms with van der Waals surface area (Å²) in [5, 5.41) is 2.71. The highest BCUT2D eigenvalue weighted by atomic mass is 32.1. The molecule has 2 heterocycles. The number of nitrogens with one attached hydrogen (secondary N) is 1. The van der Waals surface area contributed by atoms with Crippen LogP contribution in [0.25, 0.3) is 0 Å². The maximum atomic E-state index is 13.2. The predicted molar refractivity (Wildman–Crippen MR) is 98.8 cm³/mol. The van der Waals surface area contributed by atoms with Crippen molar-refractivity contribution >= 4 is 28.6 Å². The van der Waals surface area contributed by atoms with Crippen molar-refractivity contribution in [1.82, 2.24) is 0 Å². The first-order valence-corrected chi connectivity index (χ1v) is 9.70. The van der Waals surface area contributed by atoms with Crippen molar-refractivity contribution in [3.05, 3.63) is 45.1 Å². The lowest BCUT2D eigenvalue weighted by Crippen LogP contribution is -2.36. The maximum absolute atomic E-state index is 13.2. The fourth-order valence-electron chi connectivity index (χ4n) is 3.52. The molecule has 1 aliphatic carbocycles. The molecule has 1 saturated heterocycles. The summed E-state index contributed by atoms with van der Waals surface area (Å²) in [6, 6.07) is 5.37. The molecule has 0 spiro atoms. The molecule has 1 amide bonds. The van der Waals surface area contributed by atoms with Gasteiger partial charge in [-0.25, -0.2) is 0 Å². The van der Waals surface area contributed by atoms with Crippen LogP contribution in [0, 0.1) is 0 Å². The number of aryl methyl sites for hydroxylation is 2. The van der Waals surface area contributed by atoms with E-state index in [9.17, 15) is 18.0 Å². The molecule has 0 bridgehead atoms. The Kier molecular flexibility index (Phi) is 4.86. The Balaban J connectivity index is 1.64. The van der Waals surface area contributed by atoms with Crippen molar-refractivity contribution in [1.29, 1.82) is 0 Å². The van der Waals surface area contributed by atoms with Crippen LogP contribution in [0.2, 0.25) is 0 Å². The number of morpholine rings is 1. The number of carbonyl (C=O) groups is 1. The Bertz CT molecular complexity index is 836. The van der Waals surface area contributed by atoms with Crippen LogP contribution in [0.3, 0.4) is 0 Å². The first-order valence-electron chi connectivity index (χ1n) is 8.89. The number of fused-ring (bicyclic) bond motifs is 1. The second-order valence-electron chi connectivity index (χ2n) is 6.70. The number of thiophene rings is 1. The molecule has 8 heteroatoms. The van der Waals surface area contributed by atoms with Gasteiger partial charge >= 0.3 is 6.18 Å². The molecular formula is C19H19F3N2O2S. The molecule has 0 unspecified atom stereocenters. The molecule has 1 aliphatic heterocycles. The third kappa shape index (κ3) is 3.82. The molecule has 4 nitrogen and oxygen atoms in total. The van der Waals surface area contributed by atoms with Crippen LogP contribution < -0.4 is 10.2 Å². The van der Waals surface area contributed by atoms with Gasteiger partial charge in [0.2, 0.25) is 0 Å². The summed E-state index contributed by atoms with van der Waals surface area (Å²) in [6.07, 6.45) is -1.44. The summed E-state index contributed by atoms with van der Waals surface area (Å²) in [6.45, 7) is 2.15. The van der Waals surface area contributed by atoms with Crippen molar-refractivity contribution in [3.8, 4) is 0 Å². The molecule has 1 aromatic heterocycles. The van der Waals surface area contributed by atoms with Crippen molar-refractivity contribution < 1.29 is 22.7 Å². The topological polar surface area (TPSA) is 41.6 Å². The normalized spacial score (nSPS) is 17.1. The molecular weight excluding hydrogens is 377 g/mol. The van der Waals surface area contributed by atoms with Gasteiger partial charge in [-0.05, 0) is 49.1 Å². The maximum Gasteiger partial charge on any atom is 0.416 e. The van der Waals surface area contributed by atoms with Gasteiger partial charge < -0.3 is 15.0 Å². The van der Waals surface area contributed by atoms with Crippen LogP contribution in [0.1, 0.15) is 32.1 Å². The number of ether oxygens (including phenoxy) is 1. The molecule has 0 radical (unpaired) electrons. The first kappa shape index (κ1) is 18.3. The fraction of sp³-hybridized carbons (Fsp3) is 0.421. The third-order valence-electron chi connectivity index (χ3n) is 4.89. The monoisotopic (exact) mass is 396 g/mol. The average Bonchev–Trinajstić information content (AvgIpc) is 3.23. The molecule has 0 saturated carbocycles. The van der Waals surface area contributed by atoms with Gasteiger partial charge in [-0.15, -0.1) is 11.3 Å². The second-order valence-corrected chi connectivity index (χ2v) is 7.83. The van der Waals surface area contributed by atoms with E-state index in [1.54, 1.807) is 0 Å². The van der Waals surface area contributed by atoms with Gasteiger partial charge in [0, 0.05) is 18.0 Å². The number of anilines is 2. The Morgan fingerprint density at radius 2 is 1.93 bits per heavy atom. The quantitative estimate of drug-likeness (QED) is 0.839. The summed E-state index contributed by atoms with van der Waals surface area (Å²) in [5.74, 6) is -0.358. The summed E-state index contributed by atoms with van der Waals surface area (Å²) >= 11 is 1.43. The van der Waals surface area contributed by atoms with Crippen LogP contribution in [0.4, 0.5) is 24.5 Å². The first-order chi connectivity index (χ1) is 12.9. The van der Waals surface area contributed by atoms with Crippen LogP contribution in [0.5, 0.6) is 0 Å². The summed E-state index contributed by atoms with van der Waals surface area (Å²) < 4.78 is 44.8. The Labute approximate surface area is 158 Å². The molecule has 0 atom stereocenters. The van der Waals surface area contributed by atoms with Crippen LogP contribution in [0.15, 0.2) is 24.3 Å². The minimum atomic E-state index is -4.47. The van der Waals surface area contributed by atoms with Crippen molar-refractivity contribution in [2.75, 3.05) is 36.5 Å². The van der Waals surface area contributed by atoms with Gasteiger partial charge in [0.05, 0.1) is 35.0 Å².